The SMILES string of the molecule is CCCc1ccc(OCC(O)CN2CCN(c3ccccn3)CC2)cc1.Cl.Cl. The van der Waals surface area contributed by atoms with Crippen molar-refractivity contribution in [3.63, 3.8) is 0 Å². The van der Waals surface area contributed by atoms with Gasteiger partial charge in [-0.2, -0.15) is 0 Å². The summed E-state index contributed by atoms with van der Waals surface area (Å²) in [6, 6.07) is 14.2. The van der Waals surface area contributed by atoms with Crippen molar-refractivity contribution in [2.24, 2.45) is 0 Å². The summed E-state index contributed by atoms with van der Waals surface area (Å²) in [6.45, 7) is 6.88. The Balaban J connectivity index is 0.00000196. The molecule has 0 spiro atoms. The van der Waals surface area contributed by atoms with Gasteiger partial charge >= 0.3 is 0 Å². The summed E-state index contributed by atoms with van der Waals surface area (Å²) in [5.41, 5.74) is 1.33. The number of aliphatic hydroxyl groups is 1. The van der Waals surface area contributed by atoms with Crippen LogP contribution in [-0.2, 0) is 6.42 Å². The third-order valence-corrected chi connectivity index (χ3v) is 4.72. The molecule has 0 aliphatic carbocycles. The Morgan fingerprint density at radius 2 is 1.75 bits per heavy atom. The van der Waals surface area contributed by atoms with Crippen LogP contribution in [0.25, 0.3) is 0 Å². The van der Waals surface area contributed by atoms with Crippen LogP contribution in [-0.4, -0.2) is 60.4 Å². The largest absolute Gasteiger partial charge is 0.491 e. The number of ether oxygens (including phenoxy) is 1. The first-order valence-corrected chi connectivity index (χ1v) is 9.52. The van der Waals surface area contributed by atoms with Crippen molar-refractivity contribution >= 4 is 30.6 Å². The van der Waals surface area contributed by atoms with Crippen LogP contribution in [0.5, 0.6) is 5.75 Å². The maximum absolute atomic E-state index is 10.3. The van der Waals surface area contributed by atoms with Gasteiger partial charge in [0.25, 0.3) is 0 Å². The summed E-state index contributed by atoms with van der Waals surface area (Å²) in [5, 5.41) is 10.3. The zero-order valence-electron chi connectivity index (χ0n) is 16.4. The quantitative estimate of drug-likeness (QED) is 0.698. The third-order valence-electron chi connectivity index (χ3n) is 4.72. The molecule has 1 saturated heterocycles. The molecule has 2 heterocycles. The molecule has 5 nitrogen and oxygen atoms in total. The van der Waals surface area contributed by atoms with Gasteiger partial charge in [-0.25, -0.2) is 4.98 Å². The van der Waals surface area contributed by atoms with Crippen LogP contribution in [0.2, 0.25) is 0 Å². The molecule has 28 heavy (non-hydrogen) atoms. The number of hydrogen-bond acceptors (Lipinski definition) is 5. The van der Waals surface area contributed by atoms with Crippen LogP contribution in [0, 0.1) is 0 Å². The third kappa shape index (κ3) is 7.47. The van der Waals surface area contributed by atoms with Crippen molar-refractivity contribution in [2.75, 3.05) is 44.2 Å². The van der Waals surface area contributed by atoms with Crippen LogP contribution < -0.4 is 9.64 Å². The van der Waals surface area contributed by atoms with Gasteiger partial charge in [0.05, 0.1) is 0 Å². The van der Waals surface area contributed by atoms with Crippen LogP contribution in [0.3, 0.4) is 0 Å². The van der Waals surface area contributed by atoms with Crippen LogP contribution in [0.4, 0.5) is 5.82 Å². The average Bonchev–Trinajstić information content (AvgIpc) is 2.69. The van der Waals surface area contributed by atoms with E-state index >= 15 is 0 Å². The molecular weight excluding hydrogens is 397 g/mol. The molecule has 156 valence electrons. The first-order chi connectivity index (χ1) is 12.7. The summed E-state index contributed by atoms with van der Waals surface area (Å²) in [6.07, 6.45) is 3.59. The second-order valence-electron chi connectivity index (χ2n) is 6.83. The molecule has 1 aromatic carbocycles. The Hall–Kier alpha value is -1.53. The van der Waals surface area contributed by atoms with E-state index in [1.165, 1.54) is 5.56 Å². The predicted octanol–water partition coefficient (Wildman–Crippen LogP) is 3.44. The van der Waals surface area contributed by atoms with Gasteiger partial charge in [0.2, 0.25) is 0 Å². The molecule has 0 bridgehead atoms. The number of aliphatic hydroxyl groups excluding tert-OH is 1. The van der Waals surface area contributed by atoms with Gasteiger partial charge in [-0.1, -0.05) is 31.5 Å². The Labute approximate surface area is 180 Å². The van der Waals surface area contributed by atoms with Crippen molar-refractivity contribution < 1.29 is 9.84 Å². The standard InChI is InChI=1S/C21H29N3O2.2ClH/c1-2-5-18-7-9-20(10-8-18)26-17-19(25)16-23-12-14-24(15-13-23)21-6-3-4-11-22-21;;/h3-4,6-11,19,25H,2,5,12-17H2,1H3;2*1H. The molecular formula is C21H31Cl2N3O2. The number of rotatable bonds is 8. The lowest BCUT2D eigenvalue weighted by atomic mass is 10.1. The van der Waals surface area contributed by atoms with Gasteiger partial charge in [0, 0.05) is 38.9 Å². The molecule has 1 aromatic heterocycles. The fraction of sp³-hybridized carbons (Fsp3) is 0.476. The molecule has 7 heteroatoms. The van der Waals surface area contributed by atoms with Gasteiger partial charge in [0.15, 0.2) is 0 Å². The summed E-state index contributed by atoms with van der Waals surface area (Å²) in [7, 11) is 0. The molecule has 1 aliphatic rings. The number of hydrogen-bond donors (Lipinski definition) is 1. The molecule has 2 aromatic rings. The highest BCUT2D eigenvalue weighted by Gasteiger charge is 2.20. The minimum atomic E-state index is -0.480. The second kappa shape index (κ2) is 12.8. The Bertz CT molecular complexity index is 650. The first-order valence-electron chi connectivity index (χ1n) is 9.52. The van der Waals surface area contributed by atoms with E-state index in [1.54, 1.807) is 0 Å². The maximum Gasteiger partial charge on any atom is 0.128 e. The highest BCUT2D eigenvalue weighted by atomic mass is 35.5. The summed E-state index contributed by atoms with van der Waals surface area (Å²) in [5.74, 6) is 1.85. The number of nitrogens with zero attached hydrogens (tertiary/aromatic N) is 3. The van der Waals surface area contributed by atoms with Gasteiger partial charge in [-0.15, -0.1) is 24.8 Å². The van der Waals surface area contributed by atoms with E-state index in [-0.39, 0.29) is 24.8 Å². The number of aryl methyl sites for hydroxylation is 1. The van der Waals surface area contributed by atoms with E-state index in [4.69, 9.17) is 4.74 Å². The van der Waals surface area contributed by atoms with Crippen molar-refractivity contribution in [2.45, 2.75) is 25.9 Å². The van der Waals surface area contributed by atoms with Gasteiger partial charge in [-0.3, -0.25) is 4.90 Å². The molecule has 1 aliphatic heterocycles. The van der Waals surface area contributed by atoms with E-state index in [1.807, 2.05) is 36.5 Å². The molecule has 1 fully saturated rings. The highest BCUT2D eigenvalue weighted by Crippen LogP contribution is 2.15. The normalized spacial score (nSPS) is 15.3. The Morgan fingerprint density at radius 1 is 1.04 bits per heavy atom. The maximum atomic E-state index is 10.3. The lowest BCUT2D eigenvalue weighted by Gasteiger charge is -2.36. The Morgan fingerprint density at radius 3 is 2.36 bits per heavy atom. The summed E-state index contributed by atoms with van der Waals surface area (Å²) >= 11 is 0. The molecule has 0 saturated carbocycles. The lowest BCUT2D eigenvalue weighted by molar-refractivity contribution is 0.0662. The minimum Gasteiger partial charge on any atom is -0.491 e. The number of aromatic nitrogens is 1. The molecule has 1 unspecified atom stereocenters. The minimum absolute atomic E-state index is 0. The monoisotopic (exact) mass is 427 g/mol. The fourth-order valence-electron chi connectivity index (χ4n) is 3.28. The number of benzene rings is 1. The molecule has 0 radical (unpaired) electrons. The van der Waals surface area contributed by atoms with Gasteiger partial charge < -0.3 is 14.7 Å². The summed E-state index contributed by atoms with van der Waals surface area (Å²) < 4.78 is 5.74. The van der Waals surface area contributed by atoms with E-state index < -0.39 is 6.10 Å². The molecule has 1 atom stereocenters. The second-order valence-corrected chi connectivity index (χ2v) is 6.83. The van der Waals surface area contributed by atoms with E-state index in [2.05, 4.69) is 33.8 Å². The van der Waals surface area contributed by atoms with Gasteiger partial charge in [0.1, 0.15) is 24.3 Å². The summed E-state index contributed by atoms with van der Waals surface area (Å²) in [4.78, 5) is 8.99. The number of β-amino-alcohol motifs (C(OH)–C–C–N with tert-alkyl or cyclic N) is 1. The molecule has 3 rings (SSSR count). The molecule has 1 N–H and O–H groups in total. The fourth-order valence-corrected chi connectivity index (χ4v) is 3.28. The van der Waals surface area contributed by atoms with Crippen LogP contribution in [0.15, 0.2) is 48.7 Å². The molecule has 0 amide bonds. The smallest absolute Gasteiger partial charge is 0.128 e. The zero-order chi connectivity index (χ0) is 18.2. The van der Waals surface area contributed by atoms with Crippen LogP contribution in [0.1, 0.15) is 18.9 Å². The number of anilines is 1. The van der Waals surface area contributed by atoms with E-state index in [9.17, 15) is 5.11 Å². The first kappa shape index (κ1) is 24.5. The van der Waals surface area contributed by atoms with Crippen molar-refractivity contribution in [3.8, 4) is 5.75 Å². The van der Waals surface area contributed by atoms with Gasteiger partial charge in [-0.05, 0) is 36.2 Å². The Kier molecular flexibility index (Phi) is 11.2. The number of halogens is 2. The topological polar surface area (TPSA) is 48.8 Å². The number of piperazine rings is 1. The van der Waals surface area contributed by atoms with E-state index in [0.29, 0.717) is 13.2 Å². The van der Waals surface area contributed by atoms with Crippen LogP contribution >= 0.6 is 24.8 Å². The van der Waals surface area contributed by atoms with Crippen molar-refractivity contribution in [1.29, 1.82) is 0 Å². The predicted molar refractivity (Wildman–Crippen MR) is 119 cm³/mol. The number of pyridine rings is 1. The highest BCUT2D eigenvalue weighted by molar-refractivity contribution is 5.85. The van der Waals surface area contributed by atoms with Crippen molar-refractivity contribution in [3.05, 3.63) is 54.2 Å². The average molecular weight is 428 g/mol. The zero-order valence-corrected chi connectivity index (χ0v) is 18.0. The van der Waals surface area contributed by atoms with E-state index in [0.717, 1.165) is 50.6 Å². The lowest BCUT2D eigenvalue weighted by Crippen LogP contribution is -2.49. The van der Waals surface area contributed by atoms with Crippen molar-refractivity contribution in [1.82, 2.24) is 9.88 Å².